The number of hydrogen-bond acceptors (Lipinski definition) is 5. The molecule has 0 heterocycles. The lowest BCUT2D eigenvalue weighted by atomic mass is 9.83. The fourth-order valence-electron chi connectivity index (χ4n) is 5.10. The third-order valence-corrected chi connectivity index (χ3v) is 7.80. The van der Waals surface area contributed by atoms with Crippen LogP contribution in [0.5, 0.6) is 5.75 Å². The highest BCUT2D eigenvalue weighted by Gasteiger charge is 2.38. The molecule has 0 amide bonds. The Hall–Kier alpha value is -3.51. The summed E-state index contributed by atoms with van der Waals surface area (Å²) in [5, 5.41) is 9.46. The lowest BCUT2D eigenvalue weighted by Gasteiger charge is -2.32. The number of carbonyl (C=O) groups excluding carboxylic acids is 2. The molecule has 1 atom stereocenters. The van der Waals surface area contributed by atoms with Crippen LogP contribution in [0.25, 0.3) is 0 Å². The Morgan fingerprint density at radius 2 is 1.33 bits per heavy atom. The second-order valence-corrected chi connectivity index (χ2v) is 11.9. The minimum absolute atomic E-state index is 0.00598. The monoisotopic (exact) mass is 634 g/mol. The van der Waals surface area contributed by atoms with Crippen LogP contribution < -0.4 is 4.74 Å². The number of carbonyl (C=O) groups is 3. The highest BCUT2D eigenvalue weighted by molar-refractivity contribution is 5.93. The summed E-state index contributed by atoms with van der Waals surface area (Å²) in [6, 6.07) is 6.04. The van der Waals surface area contributed by atoms with Crippen LogP contribution in [0.3, 0.4) is 0 Å². The Kier molecular flexibility index (Phi) is 21.7. The van der Waals surface area contributed by atoms with Gasteiger partial charge in [0.2, 0.25) is 0 Å². The number of hydrogen-bond donors (Lipinski definition) is 1. The molecule has 1 aromatic rings. The van der Waals surface area contributed by atoms with Crippen molar-refractivity contribution in [2.24, 2.45) is 11.8 Å². The topological polar surface area (TPSA) is 89.9 Å². The number of para-hydroxylation sites is 1. The molecule has 1 N–H and O–H groups in total. The molecule has 0 aliphatic rings. The van der Waals surface area contributed by atoms with Crippen molar-refractivity contribution in [3.05, 3.63) is 90.6 Å². The number of carboxylic acids is 1. The number of ether oxygens (including phenoxy) is 2. The second kappa shape index (κ2) is 24.7. The first-order valence-corrected chi connectivity index (χ1v) is 17.2. The summed E-state index contributed by atoms with van der Waals surface area (Å²) < 4.78 is 11.8. The third-order valence-electron chi connectivity index (χ3n) is 7.80. The van der Waals surface area contributed by atoms with E-state index in [9.17, 15) is 19.5 Å². The lowest BCUT2D eigenvalue weighted by Crippen LogP contribution is -2.43. The third kappa shape index (κ3) is 16.7. The van der Waals surface area contributed by atoms with Crippen molar-refractivity contribution in [1.82, 2.24) is 0 Å². The lowest BCUT2D eigenvalue weighted by molar-refractivity contribution is -0.152. The van der Waals surface area contributed by atoms with Crippen LogP contribution in [0.1, 0.15) is 122 Å². The van der Waals surface area contributed by atoms with Crippen LogP contribution in [0.2, 0.25) is 0 Å². The molecule has 0 fully saturated rings. The Morgan fingerprint density at radius 1 is 0.783 bits per heavy atom. The zero-order valence-corrected chi connectivity index (χ0v) is 28.9. The number of ketones is 1. The maximum atomic E-state index is 13.6. The van der Waals surface area contributed by atoms with Gasteiger partial charge in [-0.2, -0.15) is 0 Å². The van der Waals surface area contributed by atoms with Gasteiger partial charge in [0, 0.05) is 13.0 Å². The molecule has 1 aromatic carbocycles. The first kappa shape index (κ1) is 40.5. The maximum Gasteiger partial charge on any atom is 0.339 e. The average molecular weight is 635 g/mol. The van der Waals surface area contributed by atoms with Crippen molar-refractivity contribution in [3.63, 3.8) is 0 Å². The van der Waals surface area contributed by atoms with Crippen molar-refractivity contribution in [2.75, 3.05) is 6.61 Å². The molecule has 6 nitrogen and oxygen atoms in total. The highest BCUT2D eigenvalue weighted by Crippen LogP contribution is 2.29. The predicted octanol–water partition coefficient (Wildman–Crippen LogP) is 10.4. The number of Topliss-reactive ketones (excluding diaryl/α,β-unsaturated/α-hetero) is 1. The number of carboxylic acid groups (broad SMARTS) is 1. The molecule has 0 aliphatic heterocycles. The Morgan fingerprint density at radius 3 is 1.85 bits per heavy atom. The van der Waals surface area contributed by atoms with Gasteiger partial charge in [-0.15, -0.1) is 0 Å². The van der Waals surface area contributed by atoms with Gasteiger partial charge in [-0.05, 0) is 88.7 Å². The first-order chi connectivity index (χ1) is 22.2. The molecular weight excluding hydrogens is 576 g/mol. The van der Waals surface area contributed by atoms with E-state index in [2.05, 4.69) is 67.7 Å². The summed E-state index contributed by atoms with van der Waals surface area (Å²) >= 11 is 0. The molecule has 0 bridgehead atoms. The standard InChI is InChI=1S/C40H58O6/c1-6-9-10-11-12-13-14-15-16-17-18-19-20-21-22-23-24-27-30-45-40(7-2,8-3)37(41)32-34(31-33(4)5)39(44)46-36-29-26-25-28-35(36)38(42)43/h9-10,12-13,15-16,18-19,21-22,25-26,28-29,33-34H,6-8,11,14,17,20,23-24,27,30-32H2,1-5H3,(H,42,43)/b10-9-,13-12-,16-15-,19-18-,22-21-. The van der Waals surface area contributed by atoms with E-state index in [1.807, 2.05) is 27.7 Å². The molecule has 0 saturated carbocycles. The summed E-state index contributed by atoms with van der Waals surface area (Å²) in [4.78, 5) is 38.4. The molecule has 0 aliphatic carbocycles. The highest BCUT2D eigenvalue weighted by atomic mass is 16.5. The van der Waals surface area contributed by atoms with E-state index in [1.165, 1.54) is 12.1 Å². The van der Waals surface area contributed by atoms with Crippen molar-refractivity contribution in [3.8, 4) is 5.75 Å². The molecule has 254 valence electrons. The number of benzene rings is 1. The minimum Gasteiger partial charge on any atom is -0.478 e. The van der Waals surface area contributed by atoms with Crippen LogP contribution in [0.4, 0.5) is 0 Å². The fourth-order valence-corrected chi connectivity index (χ4v) is 5.10. The van der Waals surface area contributed by atoms with Crippen LogP contribution in [0, 0.1) is 11.8 Å². The van der Waals surface area contributed by atoms with Gasteiger partial charge in [-0.25, -0.2) is 4.79 Å². The molecule has 0 saturated heterocycles. The summed E-state index contributed by atoms with van der Waals surface area (Å²) in [5.74, 6) is -2.42. The first-order valence-electron chi connectivity index (χ1n) is 17.2. The summed E-state index contributed by atoms with van der Waals surface area (Å²) in [5.41, 5.74) is -1.04. The molecule has 6 heteroatoms. The smallest absolute Gasteiger partial charge is 0.339 e. The average Bonchev–Trinajstić information content (AvgIpc) is 3.03. The van der Waals surface area contributed by atoms with Gasteiger partial charge in [-0.1, -0.05) is 108 Å². The molecule has 46 heavy (non-hydrogen) atoms. The van der Waals surface area contributed by atoms with Crippen molar-refractivity contribution in [2.45, 2.75) is 117 Å². The summed E-state index contributed by atoms with van der Waals surface area (Å²) in [7, 11) is 0. The van der Waals surface area contributed by atoms with E-state index in [-0.39, 0.29) is 29.4 Å². The summed E-state index contributed by atoms with van der Waals surface area (Å²) in [6.45, 7) is 10.5. The number of rotatable bonds is 25. The second-order valence-electron chi connectivity index (χ2n) is 11.9. The van der Waals surface area contributed by atoms with E-state index in [0.717, 1.165) is 51.4 Å². The van der Waals surface area contributed by atoms with Gasteiger partial charge >= 0.3 is 11.9 Å². The van der Waals surface area contributed by atoms with Crippen molar-refractivity contribution in [1.29, 1.82) is 0 Å². The van der Waals surface area contributed by atoms with Gasteiger partial charge in [0.25, 0.3) is 0 Å². The number of allylic oxidation sites excluding steroid dienone is 10. The number of esters is 1. The molecular formula is C40H58O6. The van der Waals surface area contributed by atoms with Crippen LogP contribution in [-0.4, -0.2) is 35.0 Å². The molecule has 1 rings (SSSR count). The van der Waals surface area contributed by atoms with E-state index in [4.69, 9.17) is 9.47 Å². The summed E-state index contributed by atoms with van der Waals surface area (Å²) in [6.07, 6.45) is 31.1. The van der Waals surface area contributed by atoms with Gasteiger partial charge in [0.1, 0.15) is 16.9 Å². The minimum atomic E-state index is -1.18. The van der Waals surface area contributed by atoms with Gasteiger partial charge in [0.05, 0.1) is 5.92 Å². The molecule has 0 aromatic heterocycles. The predicted molar refractivity (Wildman–Crippen MR) is 189 cm³/mol. The van der Waals surface area contributed by atoms with E-state index < -0.39 is 23.5 Å². The fraction of sp³-hybridized carbons (Fsp3) is 0.525. The van der Waals surface area contributed by atoms with Crippen LogP contribution in [-0.2, 0) is 14.3 Å². The van der Waals surface area contributed by atoms with Crippen LogP contribution in [0.15, 0.2) is 85.0 Å². The molecule has 0 radical (unpaired) electrons. The Balaban J connectivity index is 2.50. The molecule has 1 unspecified atom stereocenters. The van der Waals surface area contributed by atoms with Crippen LogP contribution >= 0.6 is 0 Å². The molecule has 0 spiro atoms. The van der Waals surface area contributed by atoms with Gasteiger partial charge in [-0.3, -0.25) is 9.59 Å². The zero-order chi connectivity index (χ0) is 34.0. The van der Waals surface area contributed by atoms with Gasteiger partial charge < -0.3 is 14.6 Å². The van der Waals surface area contributed by atoms with Crippen molar-refractivity contribution >= 4 is 17.7 Å². The van der Waals surface area contributed by atoms with Crippen molar-refractivity contribution < 1.29 is 29.0 Å². The Labute approximate surface area is 278 Å². The van der Waals surface area contributed by atoms with E-state index in [1.54, 1.807) is 12.1 Å². The van der Waals surface area contributed by atoms with Gasteiger partial charge in [0.15, 0.2) is 5.78 Å². The largest absolute Gasteiger partial charge is 0.478 e. The Bertz CT molecular complexity index is 1170. The number of aromatic carboxylic acids is 1. The normalized spacial score (nSPS) is 13.3. The zero-order valence-electron chi connectivity index (χ0n) is 28.9. The van der Waals surface area contributed by atoms with E-state index in [0.29, 0.717) is 25.9 Å². The maximum absolute atomic E-state index is 13.6. The number of unbranched alkanes of at least 4 members (excludes halogenated alkanes) is 2. The SMILES string of the molecule is CC/C=C\C/C=C\C/C=C\C/C=C\C/C=C\CCCCOC(CC)(CC)C(=O)CC(CC(C)C)C(=O)Oc1ccccc1C(=O)O. The quantitative estimate of drug-likeness (QED) is 0.0498. The van der Waals surface area contributed by atoms with E-state index >= 15 is 0 Å².